The molecule has 2 atom stereocenters. The van der Waals surface area contributed by atoms with Crippen LogP contribution in [0.4, 0.5) is 5.69 Å². The molecule has 1 N–H and O–H groups in total. The number of nitrogens with one attached hydrogen (secondary N) is 1. The van der Waals surface area contributed by atoms with Crippen LogP contribution in [0.25, 0.3) is 0 Å². The van der Waals surface area contributed by atoms with Crippen molar-refractivity contribution < 1.29 is 9.53 Å². The Balaban J connectivity index is 2.02. The fourth-order valence-electron chi connectivity index (χ4n) is 2.76. The smallest absolute Gasteiger partial charge is 0.238 e. The van der Waals surface area contributed by atoms with Gasteiger partial charge in [0.2, 0.25) is 5.91 Å². The zero-order chi connectivity index (χ0) is 15.4. The Morgan fingerprint density at radius 2 is 2.19 bits per heavy atom. The van der Waals surface area contributed by atoms with Gasteiger partial charge in [-0.1, -0.05) is 25.1 Å². The summed E-state index contributed by atoms with van der Waals surface area (Å²) in [4.78, 5) is 14.5. The quantitative estimate of drug-likeness (QED) is 0.927. The molecule has 1 aliphatic rings. The maximum absolute atomic E-state index is 12.4. The van der Waals surface area contributed by atoms with Crippen LogP contribution in [0.3, 0.4) is 0 Å². The minimum atomic E-state index is 0.0555. The SMILES string of the molecule is CCc1cccc(C)c1NC(=O)CN1CC(C)OCC1C. The lowest BCUT2D eigenvalue weighted by Gasteiger charge is -2.36. The number of rotatable bonds is 4. The molecule has 2 unspecified atom stereocenters. The van der Waals surface area contributed by atoms with Crippen molar-refractivity contribution in [2.24, 2.45) is 0 Å². The van der Waals surface area contributed by atoms with Gasteiger partial charge in [0.25, 0.3) is 0 Å². The zero-order valence-corrected chi connectivity index (χ0v) is 13.5. The summed E-state index contributed by atoms with van der Waals surface area (Å²) < 4.78 is 5.60. The number of benzene rings is 1. The second-order valence-electron chi connectivity index (χ2n) is 5.93. The molecule has 1 saturated heterocycles. The molecule has 2 rings (SSSR count). The lowest BCUT2D eigenvalue weighted by molar-refractivity contribution is -0.121. The van der Waals surface area contributed by atoms with E-state index in [-0.39, 0.29) is 18.1 Å². The monoisotopic (exact) mass is 290 g/mol. The number of para-hydroxylation sites is 1. The van der Waals surface area contributed by atoms with Crippen LogP contribution in [0, 0.1) is 6.92 Å². The van der Waals surface area contributed by atoms with Crippen molar-refractivity contribution in [1.82, 2.24) is 4.90 Å². The number of hydrogen-bond acceptors (Lipinski definition) is 3. The van der Waals surface area contributed by atoms with Crippen molar-refractivity contribution >= 4 is 11.6 Å². The van der Waals surface area contributed by atoms with Gasteiger partial charge in [0.1, 0.15) is 0 Å². The van der Waals surface area contributed by atoms with E-state index in [4.69, 9.17) is 4.74 Å². The van der Waals surface area contributed by atoms with E-state index in [1.807, 2.05) is 26.0 Å². The summed E-state index contributed by atoms with van der Waals surface area (Å²) in [5.41, 5.74) is 3.27. The van der Waals surface area contributed by atoms with Crippen molar-refractivity contribution in [3.63, 3.8) is 0 Å². The van der Waals surface area contributed by atoms with Crippen LogP contribution in [0.5, 0.6) is 0 Å². The van der Waals surface area contributed by atoms with E-state index in [1.54, 1.807) is 0 Å². The molecule has 1 aromatic rings. The summed E-state index contributed by atoms with van der Waals surface area (Å²) >= 11 is 0. The maximum atomic E-state index is 12.4. The first-order chi connectivity index (χ1) is 10.0. The molecule has 0 radical (unpaired) electrons. The molecule has 116 valence electrons. The highest BCUT2D eigenvalue weighted by atomic mass is 16.5. The number of ether oxygens (including phenoxy) is 1. The van der Waals surface area contributed by atoms with Gasteiger partial charge < -0.3 is 10.1 Å². The Labute approximate surface area is 127 Å². The van der Waals surface area contributed by atoms with Crippen molar-refractivity contribution in [2.45, 2.75) is 46.3 Å². The fourth-order valence-corrected chi connectivity index (χ4v) is 2.76. The fraction of sp³-hybridized carbons (Fsp3) is 0.588. The number of hydrogen-bond donors (Lipinski definition) is 1. The third kappa shape index (κ3) is 4.05. The summed E-state index contributed by atoms with van der Waals surface area (Å²) in [6.07, 6.45) is 1.11. The first-order valence-corrected chi connectivity index (χ1v) is 7.75. The Morgan fingerprint density at radius 3 is 2.90 bits per heavy atom. The number of amides is 1. The van der Waals surface area contributed by atoms with Gasteiger partial charge in [0.05, 0.1) is 19.3 Å². The topological polar surface area (TPSA) is 41.6 Å². The molecule has 0 aromatic heterocycles. The number of morpholine rings is 1. The number of aryl methyl sites for hydroxylation is 2. The standard InChI is InChI=1S/C17H26N2O2/c1-5-15-8-6-7-12(2)17(15)18-16(20)10-19-9-14(4)21-11-13(19)3/h6-8,13-14H,5,9-11H2,1-4H3,(H,18,20). The van der Waals surface area contributed by atoms with E-state index in [9.17, 15) is 4.79 Å². The van der Waals surface area contributed by atoms with Crippen molar-refractivity contribution in [3.05, 3.63) is 29.3 Å². The van der Waals surface area contributed by atoms with Gasteiger partial charge in [-0.15, -0.1) is 0 Å². The van der Waals surface area contributed by atoms with Crippen LogP contribution >= 0.6 is 0 Å². The molecule has 1 aromatic carbocycles. The van der Waals surface area contributed by atoms with Crippen LogP contribution < -0.4 is 5.32 Å². The number of carbonyl (C=O) groups is 1. The Hall–Kier alpha value is -1.39. The lowest BCUT2D eigenvalue weighted by atomic mass is 10.1. The third-order valence-corrected chi connectivity index (χ3v) is 4.09. The molecular weight excluding hydrogens is 264 g/mol. The Morgan fingerprint density at radius 1 is 1.43 bits per heavy atom. The van der Waals surface area contributed by atoms with Crippen molar-refractivity contribution in [2.75, 3.05) is 25.0 Å². The van der Waals surface area contributed by atoms with Gasteiger partial charge in [0.15, 0.2) is 0 Å². The average molecular weight is 290 g/mol. The number of carbonyl (C=O) groups excluding carboxylic acids is 1. The van der Waals surface area contributed by atoms with E-state index in [1.165, 1.54) is 5.56 Å². The molecule has 4 heteroatoms. The van der Waals surface area contributed by atoms with E-state index < -0.39 is 0 Å². The van der Waals surface area contributed by atoms with Crippen molar-refractivity contribution in [3.8, 4) is 0 Å². The average Bonchev–Trinajstić information content (AvgIpc) is 2.45. The molecule has 1 amide bonds. The van der Waals surface area contributed by atoms with Crippen LogP contribution in [-0.2, 0) is 16.0 Å². The first-order valence-electron chi connectivity index (χ1n) is 7.75. The van der Waals surface area contributed by atoms with E-state index in [0.29, 0.717) is 13.2 Å². The van der Waals surface area contributed by atoms with Crippen LogP contribution in [0.1, 0.15) is 31.9 Å². The molecule has 0 aliphatic carbocycles. The number of anilines is 1. The maximum Gasteiger partial charge on any atom is 0.238 e. The van der Waals surface area contributed by atoms with Crippen LogP contribution in [0.2, 0.25) is 0 Å². The second-order valence-corrected chi connectivity index (χ2v) is 5.93. The molecule has 4 nitrogen and oxygen atoms in total. The van der Waals surface area contributed by atoms with Gasteiger partial charge in [-0.3, -0.25) is 9.69 Å². The van der Waals surface area contributed by atoms with Gasteiger partial charge in [-0.25, -0.2) is 0 Å². The molecule has 0 bridgehead atoms. The molecular formula is C17H26N2O2. The summed E-state index contributed by atoms with van der Waals surface area (Å²) in [6.45, 7) is 10.2. The molecule has 0 spiro atoms. The summed E-state index contributed by atoms with van der Waals surface area (Å²) in [6, 6.07) is 6.43. The minimum absolute atomic E-state index is 0.0555. The summed E-state index contributed by atoms with van der Waals surface area (Å²) in [5, 5.41) is 3.09. The first kappa shape index (κ1) is 16.0. The highest BCUT2D eigenvalue weighted by Crippen LogP contribution is 2.21. The second kappa shape index (κ2) is 7.05. The predicted molar refractivity (Wildman–Crippen MR) is 85.6 cm³/mol. The van der Waals surface area contributed by atoms with Gasteiger partial charge in [-0.05, 0) is 38.3 Å². The van der Waals surface area contributed by atoms with Crippen LogP contribution in [-0.4, -0.2) is 42.6 Å². The van der Waals surface area contributed by atoms with Gasteiger partial charge in [-0.2, -0.15) is 0 Å². The van der Waals surface area contributed by atoms with E-state index >= 15 is 0 Å². The van der Waals surface area contributed by atoms with Gasteiger partial charge >= 0.3 is 0 Å². The molecule has 1 fully saturated rings. The summed E-state index contributed by atoms with van der Waals surface area (Å²) in [7, 11) is 0. The van der Waals surface area contributed by atoms with E-state index in [2.05, 4.69) is 30.1 Å². The highest BCUT2D eigenvalue weighted by Gasteiger charge is 2.25. The zero-order valence-electron chi connectivity index (χ0n) is 13.5. The largest absolute Gasteiger partial charge is 0.376 e. The number of nitrogens with zero attached hydrogens (tertiary/aromatic N) is 1. The van der Waals surface area contributed by atoms with Gasteiger partial charge in [0, 0.05) is 18.3 Å². The highest BCUT2D eigenvalue weighted by molar-refractivity contribution is 5.93. The molecule has 0 saturated carbocycles. The Bertz CT molecular complexity index is 502. The van der Waals surface area contributed by atoms with Crippen molar-refractivity contribution in [1.29, 1.82) is 0 Å². The van der Waals surface area contributed by atoms with E-state index in [0.717, 1.165) is 24.2 Å². The molecule has 21 heavy (non-hydrogen) atoms. The predicted octanol–water partition coefficient (Wildman–Crippen LogP) is 2.61. The molecule has 1 aliphatic heterocycles. The third-order valence-electron chi connectivity index (χ3n) is 4.09. The summed E-state index contributed by atoms with van der Waals surface area (Å²) in [5.74, 6) is 0.0555. The lowest BCUT2D eigenvalue weighted by Crippen LogP contribution is -2.50. The minimum Gasteiger partial charge on any atom is -0.376 e. The Kier molecular flexibility index (Phi) is 5.37. The van der Waals surface area contributed by atoms with Crippen LogP contribution in [0.15, 0.2) is 18.2 Å². The molecule has 1 heterocycles. The normalized spacial score (nSPS) is 23.0.